The van der Waals surface area contributed by atoms with Gasteiger partial charge in [-0.3, -0.25) is 16.3 Å². The number of nitrogens with one attached hydrogen (secondary N) is 1. The van der Waals surface area contributed by atoms with E-state index in [9.17, 15) is 0 Å². The van der Waals surface area contributed by atoms with Crippen LogP contribution in [0.5, 0.6) is 0 Å². The van der Waals surface area contributed by atoms with E-state index < -0.39 is 0 Å². The smallest absolute Gasteiger partial charge is 0.111 e. The summed E-state index contributed by atoms with van der Waals surface area (Å²) in [6, 6.07) is 8.25. The van der Waals surface area contributed by atoms with Crippen LogP contribution < -0.4 is 11.3 Å². The fourth-order valence-electron chi connectivity index (χ4n) is 2.46. The lowest BCUT2D eigenvalue weighted by Crippen LogP contribution is -2.29. The van der Waals surface area contributed by atoms with Crippen molar-refractivity contribution in [3.8, 4) is 0 Å². The van der Waals surface area contributed by atoms with E-state index >= 15 is 0 Å². The van der Waals surface area contributed by atoms with Gasteiger partial charge in [0.2, 0.25) is 0 Å². The van der Waals surface area contributed by atoms with E-state index in [-0.39, 0.29) is 6.04 Å². The Morgan fingerprint density at radius 2 is 2.25 bits per heavy atom. The Morgan fingerprint density at radius 3 is 2.95 bits per heavy atom. The van der Waals surface area contributed by atoms with Crippen LogP contribution in [-0.4, -0.2) is 14.5 Å². The van der Waals surface area contributed by atoms with Crippen LogP contribution in [0, 0.1) is 0 Å². The van der Waals surface area contributed by atoms with Crippen molar-refractivity contribution < 1.29 is 0 Å². The van der Waals surface area contributed by atoms with Gasteiger partial charge in [-0.1, -0.05) is 12.1 Å². The van der Waals surface area contributed by atoms with Crippen molar-refractivity contribution in [2.24, 2.45) is 5.84 Å². The van der Waals surface area contributed by atoms with Gasteiger partial charge in [0.05, 0.1) is 22.6 Å². The lowest BCUT2D eigenvalue weighted by molar-refractivity contribution is 0.532. The molecule has 6 heteroatoms. The molecule has 0 aliphatic carbocycles. The summed E-state index contributed by atoms with van der Waals surface area (Å²) in [5.74, 6) is 6.74. The molecule has 2 aromatic heterocycles. The number of fused-ring (bicyclic) bond motifs is 1. The molecule has 3 aromatic rings. The number of benzene rings is 1. The molecule has 0 spiro atoms. The average molecular weight is 287 g/mol. The van der Waals surface area contributed by atoms with Gasteiger partial charge in [0, 0.05) is 24.0 Å². The molecular weight excluding hydrogens is 270 g/mol. The number of hydrogen-bond donors (Lipinski definition) is 2. The molecule has 3 N–H and O–H groups in total. The van der Waals surface area contributed by atoms with Gasteiger partial charge in [-0.15, -0.1) is 11.3 Å². The van der Waals surface area contributed by atoms with Crippen LogP contribution in [0.15, 0.2) is 36.0 Å². The van der Waals surface area contributed by atoms with Crippen LogP contribution in [0.4, 0.5) is 0 Å². The maximum absolute atomic E-state index is 5.69. The van der Waals surface area contributed by atoms with Gasteiger partial charge in [-0.05, 0) is 19.1 Å². The highest BCUT2D eigenvalue weighted by atomic mass is 32.1. The lowest BCUT2D eigenvalue weighted by atomic mass is 10.2. The first-order valence-corrected chi connectivity index (χ1v) is 7.50. The molecule has 0 radical (unpaired) electrons. The molecule has 20 heavy (non-hydrogen) atoms. The average Bonchev–Trinajstić information content (AvgIpc) is 3.11. The number of rotatable bonds is 5. The van der Waals surface area contributed by atoms with Crippen LogP contribution in [-0.2, 0) is 13.0 Å². The number of thiazole rings is 1. The molecule has 2 heterocycles. The highest BCUT2D eigenvalue weighted by Gasteiger charge is 2.17. The topological polar surface area (TPSA) is 68.8 Å². The van der Waals surface area contributed by atoms with Crippen LogP contribution in [0.2, 0.25) is 0 Å². The predicted molar refractivity (Wildman–Crippen MR) is 81.3 cm³/mol. The van der Waals surface area contributed by atoms with Crippen molar-refractivity contribution in [2.45, 2.75) is 25.9 Å². The minimum absolute atomic E-state index is 0.0459. The third-order valence-electron chi connectivity index (χ3n) is 3.43. The van der Waals surface area contributed by atoms with Crippen molar-refractivity contribution in [1.29, 1.82) is 0 Å². The summed E-state index contributed by atoms with van der Waals surface area (Å²) in [4.78, 5) is 9.97. The van der Waals surface area contributed by atoms with E-state index in [1.54, 1.807) is 11.3 Å². The molecule has 3 rings (SSSR count). The first-order chi connectivity index (χ1) is 9.83. The maximum Gasteiger partial charge on any atom is 0.111 e. The van der Waals surface area contributed by atoms with E-state index in [4.69, 9.17) is 10.8 Å². The second kappa shape index (κ2) is 5.70. The molecule has 0 aliphatic heterocycles. The number of hydrogen-bond acceptors (Lipinski definition) is 5. The SMILES string of the molecule is CCn1c(CC(NN)c2cncs2)nc2ccccc21. The Bertz CT molecular complexity index is 689. The summed E-state index contributed by atoms with van der Waals surface area (Å²) in [5, 5.41) is 0. The quantitative estimate of drug-likeness (QED) is 0.558. The van der Waals surface area contributed by atoms with E-state index in [1.165, 1.54) is 5.52 Å². The second-order valence-corrected chi connectivity index (χ2v) is 5.51. The largest absolute Gasteiger partial charge is 0.328 e. The Morgan fingerprint density at radius 1 is 1.40 bits per heavy atom. The van der Waals surface area contributed by atoms with Crippen molar-refractivity contribution in [1.82, 2.24) is 20.0 Å². The van der Waals surface area contributed by atoms with Crippen LogP contribution in [0.3, 0.4) is 0 Å². The number of aryl methyl sites for hydroxylation is 1. The van der Waals surface area contributed by atoms with Crippen LogP contribution >= 0.6 is 11.3 Å². The normalized spacial score (nSPS) is 12.9. The van der Waals surface area contributed by atoms with Gasteiger partial charge in [-0.2, -0.15) is 0 Å². The number of aromatic nitrogens is 3. The molecule has 0 aliphatic rings. The highest BCUT2D eigenvalue weighted by Crippen LogP contribution is 2.23. The molecular formula is C14H17N5S. The molecule has 0 saturated heterocycles. The summed E-state index contributed by atoms with van der Waals surface area (Å²) in [6.07, 6.45) is 2.61. The molecule has 0 amide bonds. The minimum atomic E-state index is 0.0459. The summed E-state index contributed by atoms with van der Waals surface area (Å²) < 4.78 is 2.24. The molecule has 0 saturated carbocycles. The highest BCUT2D eigenvalue weighted by molar-refractivity contribution is 7.09. The zero-order chi connectivity index (χ0) is 13.9. The Labute approximate surface area is 121 Å². The van der Waals surface area contributed by atoms with Crippen molar-refractivity contribution in [2.75, 3.05) is 0 Å². The zero-order valence-corrected chi connectivity index (χ0v) is 12.1. The van der Waals surface area contributed by atoms with E-state index in [0.717, 1.165) is 29.2 Å². The molecule has 1 unspecified atom stereocenters. The number of para-hydroxylation sites is 2. The number of imidazole rings is 1. The monoisotopic (exact) mass is 287 g/mol. The Kier molecular flexibility index (Phi) is 3.77. The van der Waals surface area contributed by atoms with Gasteiger partial charge >= 0.3 is 0 Å². The standard InChI is InChI=1S/C14H17N5S/c1-2-19-12-6-4-3-5-10(12)17-14(19)7-11(18-15)13-8-16-9-20-13/h3-6,8-9,11,18H,2,7,15H2,1H3. The van der Waals surface area contributed by atoms with Gasteiger partial charge < -0.3 is 4.57 Å². The molecule has 0 fully saturated rings. The van der Waals surface area contributed by atoms with Gasteiger partial charge in [0.25, 0.3) is 0 Å². The summed E-state index contributed by atoms with van der Waals surface area (Å²) in [7, 11) is 0. The molecule has 1 aromatic carbocycles. The molecule has 1 atom stereocenters. The Hall–Kier alpha value is -1.76. The number of hydrazine groups is 1. The fraction of sp³-hybridized carbons (Fsp3) is 0.286. The third-order valence-corrected chi connectivity index (χ3v) is 4.32. The first kappa shape index (κ1) is 13.2. The Balaban J connectivity index is 1.97. The second-order valence-electron chi connectivity index (χ2n) is 4.59. The molecule has 5 nitrogen and oxygen atoms in total. The lowest BCUT2D eigenvalue weighted by Gasteiger charge is -2.14. The minimum Gasteiger partial charge on any atom is -0.328 e. The van der Waals surface area contributed by atoms with Gasteiger partial charge in [0.15, 0.2) is 0 Å². The van der Waals surface area contributed by atoms with Crippen molar-refractivity contribution in [3.05, 3.63) is 46.7 Å². The van der Waals surface area contributed by atoms with Gasteiger partial charge in [-0.25, -0.2) is 4.98 Å². The van der Waals surface area contributed by atoms with Crippen LogP contribution in [0.1, 0.15) is 23.7 Å². The predicted octanol–water partition coefficient (Wildman–Crippen LogP) is 2.26. The number of nitrogens with two attached hydrogens (primary N) is 1. The number of nitrogens with zero attached hydrogens (tertiary/aromatic N) is 3. The van der Waals surface area contributed by atoms with E-state index in [1.807, 2.05) is 29.9 Å². The summed E-state index contributed by atoms with van der Waals surface area (Å²) in [5.41, 5.74) is 6.89. The first-order valence-electron chi connectivity index (χ1n) is 6.62. The summed E-state index contributed by atoms with van der Waals surface area (Å²) >= 11 is 1.60. The van der Waals surface area contributed by atoms with E-state index in [0.29, 0.717) is 0 Å². The van der Waals surface area contributed by atoms with E-state index in [2.05, 4.69) is 28.0 Å². The van der Waals surface area contributed by atoms with Gasteiger partial charge in [0.1, 0.15) is 5.82 Å². The molecule has 104 valence electrons. The zero-order valence-electron chi connectivity index (χ0n) is 11.3. The summed E-state index contributed by atoms with van der Waals surface area (Å²) in [6.45, 7) is 3.03. The third kappa shape index (κ3) is 2.33. The fourth-order valence-corrected chi connectivity index (χ4v) is 3.14. The maximum atomic E-state index is 5.69. The van der Waals surface area contributed by atoms with Crippen molar-refractivity contribution in [3.63, 3.8) is 0 Å². The molecule has 0 bridgehead atoms. The van der Waals surface area contributed by atoms with Crippen molar-refractivity contribution >= 4 is 22.4 Å². The van der Waals surface area contributed by atoms with Crippen LogP contribution in [0.25, 0.3) is 11.0 Å².